The summed E-state index contributed by atoms with van der Waals surface area (Å²) in [6, 6.07) is 16.6. The first-order valence-electron chi connectivity index (χ1n) is 8.83. The van der Waals surface area contributed by atoms with Gasteiger partial charge in [-0.2, -0.15) is 0 Å². The van der Waals surface area contributed by atoms with Crippen LogP contribution in [0.5, 0.6) is 5.75 Å². The van der Waals surface area contributed by atoms with Crippen LogP contribution in [0.3, 0.4) is 0 Å². The Bertz CT molecular complexity index is 978. The number of methoxy groups -OCH3 is 1. The molecule has 144 valence electrons. The molecule has 1 amide bonds. The minimum Gasteiger partial charge on any atom is -0.496 e. The first-order valence-corrected chi connectivity index (χ1v) is 9.21. The average molecular weight is 397 g/mol. The van der Waals surface area contributed by atoms with E-state index in [0.717, 1.165) is 17.0 Å². The molecule has 3 aromatic rings. The third-order valence-electron chi connectivity index (χ3n) is 4.04. The lowest BCUT2D eigenvalue weighted by Crippen LogP contribution is -2.27. The standard InChI is InChI=1S/C21H21ClN4O2/c1-14-24-18(13-20(25-14)26-17-8-5-7-16(22)12-17)21(27)23-11-10-15-6-3-4-9-19(15)28-2/h3-9,12-13H,10-11H2,1-2H3,(H,23,27)(H,24,25,26). The van der Waals surface area contributed by atoms with Crippen molar-refractivity contribution in [2.75, 3.05) is 19.0 Å². The Morgan fingerprint density at radius 3 is 2.71 bits per heavy atom. The van der Waals surface area contributed by atoms with Gasteiger partial charge in [0.05, 0.1) is 7.11 Å². The zero-order valence-electron chi connectivity index (χ0n) is 15.7. The fourth-order valence-electron chi connectivity index (χ4n) is 2.77. The number of halogens is 1. The van der Waals surface area contributed by atoms with Gasteiger partial charge in [-0.15, -0.1) is 0 Å². The van der Waals surface area contributed by atoms with E-state index in [2.05, 4.69) is 20.6 Å². The summed E-state index contributed by atoms with van der Waals surface area (Å²) < 4.78 is 5.33. The van der Waals surface area contributed by atoms with Crippen LogP contribution in [-0.4, -0.2) is 29.5 Å². The number of hydrogen-bond acceptors (Lipinski definition) is 5. The van der Waals surface area contributed by atoms with Gasteiger partial charge in [-0.1, -0.05) is 35.9 Å². The van der Waals surface area contributed by atoms with Crippen molar-refractivity contribution in [3.05, 3.63) is 76.7 Å². The number of aryl methyl sites for hydroxylation is 1. The van der Waals surface area contributed by atoms with E-state index in [1.54, 1.807) is 32.2 Å². The molecule has 0 aliphatic carbocycles. The fourth-order valence-corrected chi connectivity index (χ4v) is 2.96. The van der Waals surface area contributed by atoms with Gasteiger partial charge in [0.2, 0.25) is 0 Å². The summed E-state index contributed by atoms with van der Waals surface area (Å²) in [6.45, 7) is 2.22. The van der Waals surface area contributed by atoms with Crippen LogP contribution >= 0.6 is 11.6 Å². The van der Waals surface area contributed by atoms with E-state index in [1.807, 2.05) is 36.4 Å². The maximum Gasteiger partial charge on any atom is 0.270 e. The molecule has 0 saturated heterocycles. The first-order chi connectivity index (χ1) is 13.5. The van der Waals surface area contributed by atoms with Gasteiger partial charge in [-0.3, -0.25) is 4.79 Å². The molecular weight excluding hydrogens is 376 g/mol. The molecule has 0 saturated carbocycles. The topological polar surface area (TPSA) is 76.1 Å². The summed E-state index contributed by atoms with van der Waals surface area (Å²) in [5.74, 6) is 1.59. The van der Waals surface area contributed by atoms with Crippen LogP contribution < -0.4 is 15.4 Å². The molecular formula is C21H21ClN4O2. The van der Waals surface area contributed by atoms with Gasteiger partial charge in [-0.05, 0) is 43.2 Å². The molecule has 0 unspecified atom stereocenters. The van der Waals surface area contributed by atoms with Crippen molar-refractivity contribution in [3.8, 4) is 5.75 Å². The third kappa shape index (κ3) is 5.20. The third-order valence-corrected chi connectivity index (χ3v) is 4.28. The molecule has 0 aliphatic rings. The second-order valence-corrected chi connectivity index (χ2v) is 6.58. The van der Waals surface area contributed by atoms with Gasteiger partial charge in [0.25, 0.3) is 5.91 Å². The molecule has 3 rings (SSSR count). The average Bonchev–Trinajstić information content (AvgIpc) is 2.68. The Labute approximate surface area is 168 Å². The van der Waals surface area contributed by atoms with Crippen LogP contribution in [-0.2, 0) is 6.42 Å². The lowest BCUT2D eigenvalue weighted by atomic mass is 10.1. The molecule has 0 radical (unpaired) electrons. The molecule has 2 aromatic carbocycles. The van der Waals surface area contributed by atoms with Crippen molar-refractivity contribution in [1.82, 2.24) is 15.3 Å². The number of ether oxygens (including phenoxy) is 1. The molecule has 2 N–H and O–H groups in total. The van der Waals surface area contributed by atoms with Crippen molar-refractivity contribution in [2.45, 2.75) is 13.3 Å². The normalized spacial score (nSPS) is 10.4. The summed E-state index contributed by atoms with van der Waals surface area (Å²) in [5.41, 5.74) is 2.12. The predicted octanol–water partition coefficient (Wildman–Crippen LogP) is 4.16. The zero-order chi connectivity index (χ0) is 19.9. The highest BCUT2D eigenvalue weighted by molar-refractivity contribution is 6.30. The maximum atomic E-state index is 12.5. The highest BCUT2D eigenvalue weighted by Gasteiger charge is 2.11. The maximum absolute atomic E-state index is 12.5. The summed E-state index contributed by atoms with van der Waals surface area (Å²) in [5, 5.41) is 6.65. The van der Waals surface area contributed by atoms with Crippen LogP contribution in [0.25, 0.3) is 0 Å². The van der Waals surface area contributed by atoms with Gasteiger partial charge in [0.1, 0.15) is 23.1 Å². The molecule has 7 heteroatoms. The minimum absolute atomic E-state index is 0.255. The van der Waals surface area contributed by atoms with Crippen molar-refractivity contribution < 1.29 is 9.53 Å². The zero-order valence-corrected chi connectivity index (χ0v) is 16.5. The number of aromatic nitrogens is 2. The number of anilines is 2. The van der Waals surface area contributed by atoms with Crippen LogP contribution in [0, 0.1) is 6.92 Å². The molecule has 28 heavy (non-hydrogen) atoms. The van der Waals surface area contributed by atoms with Gasteiger partial charge in [-0.25, -0.2) is 9.97 Å². The van der Waals surface area contributed by atoms with Crippen molar-refractivity contribution in [3.63, 3.8) is 0 Å². The van der Waals surface area contributed by atoms with Crippen LogP contribution in [0.2, 0.25) is 5.02 Å². The second-order valence-electron chi connectivity index (χ2n) is 6.14. The van der Waals surface area contributed by atoms with E-state index in [4.69, 9.17) is 16.3 Å². The molecule has 0 spiro atoms. The number of nitrogens with one attached hydrogen (secondary N) is 2. The number of para-hydroxylation sites is 1. The highest BCUT2D eigenvalue weighted by Crippen LogP contribution is 2.20. The number of rotatable bonds is 7. The molecule has 1 aromatic heterocycles. The minimum atomic E-state index is -0.255. The monoisotopic (exact) mass is 396 g/mol. The van der Waals surface area contributed by atoms with Crippen LogP contribution in [0.4, 0.5) is 11.5 Å². The van der Waals surface area contributed by atoms with E-state index >= 15 is 0 Å². The lowest BCUT2D eigenvalue weighted by Gasteiger charge is -2.10. The smallest absolute Gasteiger partial charge is 0.270 e. The van der Waals surface area contributed by atoms with Crippen LogP contribution in [0.15, 0.2) is 54.6 Å². The number of carbonyl (C=O) groups excluding carboxylic acids is 1. The van der Waals surface area contributed by atoms with E-state index in [-0.39, 0.29) is 5.91 Å². The van der Waals surface area contributed by atoms with E-state index in [0.29, 0.717) is 35.3 Å². The van der Waals surface area contributed by atoms with Gasteiger partial charge in [0, 0.05) is 23.3 Å². The Morgan fingerprint density at radius 2 is 1.93 bits per heavy atom. The summed E-state index contributed by atoms with van der Waals surface area (Å²) >= 11 is 6.01. The van der Waals surface area contributed by atoms with Gasteiger partial charge < -0.3 is 15.4 Å². The summed E-state index contributed by atoms with van der Waals surface area (Å²) in [6.07, 6.45) is 0.660. The van der Waals surface area contributed by atoms with Crippen molar-refractivity contribution in [2.24, 2.45) is 0 Å². The Morgan fingerprint density at radius 1 is 1.11 bits per heavy atom. The summed E-state index contributed by atoms with van der Waals surface area (Å²) in [4.78, 5) is 21.1. The number of amides is 1. The fraction of sp³-hybridized carbons (Fsp3) is 0.190. The molecule has 0 fully saturated rings. The molecule has 1 heterocycles. The second kappa shape index (κ2) is 9.19. The van der Waals surface area contributed by atoms with Crippen molar-refractivity contribution >= 4 is 29.0 Å². The predicted molar refractivity (Wildman–Crippen MR) is 111 cm³/mol. The number of carbonyl (C=O) groups is 1. The van der Waals surface area contributed by atoms with Gasteiger partial charge in [0.15, 0.2) is 0 Å². The Kier molecular flexibility index (Phi) is 6.45. The first kappa shape index (κ1) is 19.6. The lowest BCUT2D eigenvalue weighted by molar-refractivity contribution is 0.0948. The van der Waals surface area contributed by atoms with Crippen LogP contribution in [0.1, 0.15) is 21.9 Å². The summed E-state index contributed by atoms with van der Waals surface area (Å²) in [7, 11) is 1.63. The van der Waals surface area contributed by atoms with E-state index in [1.165, 1.54) is 0 Å². The number of hydrogen-bond donors (Lipinski definition) is 2. The highest BCUT2D eigenvalue weighted by atomic mass is 35.5. The SMILES string of the molecule is COc1ccccc1CCNC(=O)c1cc(Nc2cccc(Cl)c2)nc(C)n1. The molecule has 0 aliphatic heterocycles. The molecule has 0 atom stereocenters. The Hall–Kier alpha value is -3.12. The van der Waals surface area contributed by atoms with Gasteiger partial charge >= 0.3 is 0 Å². The number of nitrogens with zero attached hydrogens (tertiary/aromatic N) is 2. The quantitative estimate of drug-likeness (QED) is 0.627. The largest absolute Gasteiger partial charge is 0.496 e. The molecule has 6 nitrogen and oxygen atoms in total. The Balaban J connectivity index is 1.65. The van der Waals surface area contributed by atoms with E-state index < -0.39 is 0 Å². The molecule has 0 bridgehead atoms. The van der Waals surface area contributed by atoms with Crippen molar-refractivity contribution in [1.29, 1.82) is 0 Å². The van der Waals surface area contributed by atoms with E-state index in [9.17, 15) is 4.79 Å². The number of benzene rings is 2.